The summed E-state index contributed by atoms with van der Waals surface area (Å²) in [5.74, 6) is 0.0798. The maximum Gasteiger partial charge on any atom is 0.243 e. The first-order valence-corrected chi connectivity index (χ1v) is 10.4. The molecule has 2 heterocycles. The summed E-state index contributed by atoms with van der Waals surface area (Å²) in [5, 5.41) is 3.28. The van der Waals surface area contributed by atoms with Gasteiger partial charge in [0.05, 0.1) is 4.90 Å². The summed E-state index contributed by atoms with van der Waals surface area (Å²) in [6.45, 7) is 4.55. The molecule has 1 aromatic rings. The lowest BCUT2D eigenvalue weighted by Gasteiger charge is -2.34. The van der Waals surface area contributed by atoms with Gasteiger partial charge in [-0.05, 0) is 44.9 Å². The van der Waals surface area contributed by atoms with Crippen LogP contribution in [0, 0.1) is 12.8 Å². The lowest BCUT2D eigenvalue weighted by atomic mass is 9.96. The standard InChI is InChI=1S/C18H27N3O3S.ClH/c1-14-3-5-17(6-4-14)25(23,24)21-11-8-15(9-12-21)18(22)20(2)16-7-10-19-13-16;/h3-6,15-16,19H,7-13H2,1-2H3;1H. The molecule has 2 fully saturated rings. The minimum Gasteiger partial charge on any atom is -0.341 e. The first-order valence-electron chi connectivity index (χ1n) is 8.94. The number of hydrogen-bond acceptors (Lipinski definition) is 4. The molecule has 1 amide bonds. The Balaban J connectivity index is 0.00000243. The summed E-state index contributed by atoms with van der Waals surface area (Å²) in [6, 6.07) is 7.20. The molecule has 2 aliphatic heterocycles. The number of halogens is 1. The fourth-order valence-corrected chi connectivity index (χ4v) is 5.11. The second kappa shape index (κ2) is 8.69. The van der Waals surface area contributed by atoms with E-state index in [0.717, 1.165) is 25.1 Å². The molecule has 1 aromatic carbocycles. The van der Waals surface area contributed by atoms with Crippen molar-refractivity contribution in [1.82, 2.24) is 14.5 Å². The van der Waals surface area contributed by atoms with Crippen LogP contribution in [-0.2, 0) is 14.8 Å². The highest BCUT2D eigenvalue weighted by Crippen LogP contribution is 2.26. The molecule has 1 atom stereocenters. The number of carbonyl (C=O) groups excluding carboxylic acids is 1. The second-order valence-electron chi connectivity index (χ2n) is 7.09. The van der Waals surface area contributed by atoms with E-state index < -0.39 is 10.0 Å². The van der Waals surface area contributed by atoms with Crippen LogP contribution in [0.2, 0.25) is 0 Å². The normalized spacial score (nSPS) is 22.0. The van der Waals surface area contributed by atoms with E-state index in [1.165, 1.54) is 4.31 Å². The molecular weight excluding hydrogens is 374 g/mol. The molecule has 0 aromatic heterocycles. The third-order valence-corrected chi connectivity index (χ3v) is 7.30. The molecule has 3 rings (SSSR count). The first kappa shape index (κ1) is 21.2. The third-order valence-electron chi connectivity index (χ3n) is 5.39. The summed E-state index contributed by atoms with van der Waals surface area (Å²) < 4.78 is 27.0. The molecule has 6 nitrogen and oxygen atoms in total. The van der Waals surface area contributed by atoms with Crippen LogP contribution in [0.1, 0.15) is 24.8 Å². The van der Waals surface area contributed by atoms with Gasteiger partial charge in [0.2, 0.25) is 15.9 Å². The highest BCUT2D eigenvalue weighted by molar-refractivity contribution is 7.89. The molecule has 2 saturated heterocycles. The number of likely N-dealkylation sites (N-methyl/N-ethyl adjacent to an activating group) is 1. The van der Waals surface area contributed by atoms with E-state index in [-0.39, 0.29) is 30.3 Å². The number of aryl methyl sites for hydroxylation is 1. The molecule has 1 N–H and O–H groups in total. The molecule has 26 heavy (non-hydrogen) atoms. The molecule has 0 aliphatic carbocycles. The summed E-state index contributed by atoms with van der Waals surface area (Å²) in [5.41, 5.74) is 1.03. The van der Waals surface area contributed by atoms with Gasteiger partial charge in [-0.15, -0.1) is 12.4 Å². The van der Waals surface area contributed by atoms with Crippen LogP contribution in [-0.4, -0.2) is 62.8 Å². The van der Waals surface area contributed by atoms with Gasteiger partial charge < -0.3 is 10.2 Å². The number of rotatable bonds is 4. The topological polar surface area (TPSA) is 69.7 Å². The van der Waals surface area contributed by atoms with Crippen molar-refractivity contribution in [2.45, 2.75) is 37.1 Å². The average Bonchev–Trinajstić information content (AvgIpc) is 3.15. The number of amides is 1. The van der Waals surface area contributed by atoms with Gasteiger partial charge in [-0.3, -0.25) is 4.79 Å². The lowest BCUT2D eigenvalue weighted by Crippen LogP contribution is -2.46. The van der Waals surface area contributed by atoms with Crippen molar-refractivity contribution < 1.29 is 13.2 Å². The zero-order valence-corrected chi connectivity index (χ0v) is 17.0. The van der Waals surface area contributed by atoms with Gasteiger partial charge in [0.1, 0.15) is 0 Å². The molecule has 0 radical (unpaired) electrons. The van der Waals surface area contributed by atoms with E-state index in [1.54, 1.807) is 12.1 Å². The number of carbonyl (C=O) groups is 1. The van der Waals surface area contributed by atoms with E-state index in [2.05, 4.69) is 5.32 Å². The van der Waals surface area contributed by atoms with Gasteiger partial charge in [0.25, 0.3) is 0 Å². The Morgan fingerprint density at radius 3 is 2.31 bits per heavy atom. The van der Waals surface area contributed by atoms with E-state index in [4.69, 9.17) is 0 Å². The van der Waals surface area contributed by atoms with E-state index in [1.807, 2.05) is 31.0 Å². The Hall–Kier alpha value is -1.15. The molecule has 0 spiro atoms. The van der Waals surface area contributed by atoms with Crippen LogP contribution >= 0.6 is 12.4 Å². The maximum atomic E-state index is 12.7. The summed E-state index contributed by atoms with van der Waals surface area (Å²) in [6.07, 6.45) is 2.17. The fourth-order valence-electron chi connectivity index (χ4n) is 3.64. The van der Waals surface area contributed by atoms with Crippen LogP contribution in [0.3, 0.4) is 0 Å². The number of nitrogens with zero attached hydrogens (tertiary/aromatic N) is 2. The quantitative estimate of drug-likeness (QED) is 0.832. The largest absolute Gasteiger partial charge is 0.341 e. The van der Waals surface area contributed by atoms with Crippen molar-refractivity contribution in [3.8, 4) is 0 Å². The predicted molar refractivity (Wildman–Crippen MR) is 104 cm³/mol. The van der Waals surface area contributed by atoms with E-state index >= 15 is 0 Å². The highest BCUT2D eigenvalue weighted by Gasteiger charge is 2.34. The van der Waals surface area contributed by atoms with Crippen molar-refractivity contribution in [3.63, 3.8) is 0 Å². The number of piperidine rings is 1. The Labute approximate surface area is 162 Å². The summed E-state index contributed by atoms with van der Waals surface area (Å²) in [4.78, 5) is 14.9. The first-order chi connectivity index (χ1) is 11.9. The number of benzene rings is 1. The van der Waals surface area contributed by atoms with Crippen LogP contribution in [0.5, 0.6) is 0 Å². The van der Waals surface area contributed by atoms with Gasteiger partial charge in [0, 0.05) is 38.6 Å². The predicted octanol–water partition coefficient (Wildman–Crippen LogP) is 1.64. The number of sulfonamides is 1. The monoisotopic (exact) mass is 401 g/mol. The molecule has 146 valence electrons. The van der Waals surface area contributed by atoms with Gasteiger partial charge in [-0.25, -0.2) is 8.42 Å². The molecule has 2 aliphatic rings. The molecule has 1 unspecified atom stereocenters. The van der Waals surface area contributed by atoms with Crippen molar-refractivity contribution in [3.05, 3.63) is 29.8 Å². The number of nitrogens with one attached hydrogen (secondary N) is 1. The Morgan fingerprint density at radius 2 is 1.77 bits per heavy atom. The van der Waals surface area contributed by atoms with Gasteiger partial charge in [-0.1, -0.05) is 17.7 Å². The Kier molecular flexibility index (Phi) is 7.07. The lowest BCUT2D eigenvalue weighted by molar-refractivity contribution is -0.137. The van der Waals surface area contributed by atoms with Crippen LogP contribution in [0.25, 0.3) is 0 Å². The Bertz CT molecular complexity index is 710. The highest BCUT2D eigenvalue weighted by atomic mass is 35.5. The van der Waals surface area contributed by atoms with Crippen molar-refractivity contribution in [2.75, 3.05) is 33.2 Å². The smallest absolute Gasteiger partial charge is 0.243 e. The SMILES string of the molecule is Cc1ccc(S(=O)(=O)N2CCC(C(=O)N(C)C3CCNC3)CC2)cc1.Cl. The third kappa shape index (κ3) is 4.39. The molecule has 0 bridgehead atoms. The van der Waals surface area contributed by atoms with E-state index in [9.17, 15) is 13.2 Å². The Morgan fingerprint density at radius 1 is 1.15 bits per heavy atom. The van der Waals surface area contributed by atoms with Crippen LogP contribution < -0.4 is 5.32 Å². The van der Waals surface area contributed by atoms with Crippen LogP contribution in [0.15, 0.2) is 29.2 Å². The van der Waals surface area contributed by atoms with Gasteiger partial charge in [0.15, 0.2) is 0 Å². The fraction of sp³-hybridized carbons (Fsp3) is 0.611. The van der Waals surface area contributed by atoms with Crippen molar-refractivity contribution >= 4 is 28.3 Å². The zero-order chi connectivity index (χ0) is 18.0. The second-order valence-corrected chi connectivity index (χ2v) is 9.03. The van der Waals surface area contributed by atoms with Crippen LogP contribution in [0.4, 0.5) is 0 Å². The average molecular weight is 402 g/mol. The summed E-state index contributed by atoms with van der Waals surface area (Å²) >= 11 is 0. The molecule has 0 saturated carbocycles. The van der Waals surface area contributed by atoms with E-state index in [0.29, 0.717) is 30.8 Å². The summed E-state index contributed by atoms with van der Waals surface area (Å²) in [7, 11) is -1.59. The maximum absolute atomic E-state index is 12.7. The van der Waals surface area contributed by atoms with Crippen molar-refractivity contribution in [1.29, 1.82) is 0 Å². The number of hydrogen-bond donors (Lipinski definition) is 1. The zero-order valence-electron chi connectivity index (χ0n) is 15.3. The minimum atomic E-state index is -3.47. The van der Waals surface area contributed by atoms with Crippen molar-refractivity contribution in [2.24, 2.45) is 5.92 Å². The molecular formula is C18H28ClN3O3S. The minimum absolute atomic E-state index is 0. The van der Waals surface area contributed by atoms with Gasteiger partial charge >= 0.3 is 0 Å². The molecule has 8 heteroatoms. The van der Waals surface area contributed by atoms with Gasteiger partial charge in [-0.2, -0.15) is 4.31 Å².